The molecule has 6 heteroatoms. The van der Waals surface area contributed by atoms with Crippen LogP contribution < -0.4 is 0 Å². The second kappa shape index (κ2) is 6.17. The molecule has 2 unspecified atom stereocenters. The topological polar surface area (TPSA) is 85.2 Å². The molecule has 0 aromatic rings. The lowest BCUT2D eigenvalue weighted by molar-refractivity contribution is -0.161. The molecule has 1 aliphatic rings. The van der Waals surface area contributed by atoms with Gasteiger partial charge in [-0.05, 0) is 11.5 Å². The predicted octanol–water partition coefficient (Wildman–Crippen LogP) is 3.32. The van der Waals surface area contributed by atoms with E-state index in [1.165, 1.54) is 14.2 Å². The number of aliphatic hydroxyl groups excluding tert-OH is 1. The van der Waals surface area contributed by atoms with Crippen LogP contribution in [0.4, 0.5) is 4.79 Å². The first-order chi connectivity index (χ1) is 10.3. The third kappa shape index (κ3) is 3.23. The monoisotopic (exact) mass is 328 g/mol. The van der Waals surface area contributed by atoms with E-state index in [1.54, 1.807) is 6.08 Å². The molecule has 0 fully saturated rings. The van der Waals surface area contributed by atoms with E-state index >= 15 is 0 Å². The lowest BCUT2D eigenvalue weighted by Gasteiger charge is -2.49. The minimum absolute atomic E-state index is 0.0254. The minimum atomic E-state index is -1.48. The van der Waals surface area contributed by atoms with E-state index in [2.05, 4.69) is 0 Å². The summed E-state index contributed by atoms with van der Waals surface area (Å²) in [5, 5.41) is 20.1. The normalized spacial score (nSPS) is 26.0. The van der Waals surface area contributed by atoms with Crippen LogP contribution in [0.5, 0.6) is 0 Å². The van der Waals surface area contributed by atoms with Gasteiger partial charge >= 0.3 is 6.16 Å². The Hall–Kier alpha value is -1.53. The largest absolute Gasteiger partial charge is 0.511 e. The van der Waals surface area contributed by atoms with Gasteiger partial charge in [0.2, 0.25) is 0 Å². The van der Waals surface area contributed by atoms with Gasteiger partial charge < -0.3 is 24.4 Å². The van der Waals surface area contributed by atoms with Crippen molar-refractivity contribution in [3.63, 3.8) is 0 Å². The number of methoxy groups -OCH3 is 2. The molecule has 2 N–H and O–H groups in total. The van der Waals surface area contributed by atoms with Gasteiger partial charge in [0, 0.05) is 18.1 Å². The maximum Gasteiger partial charge on any atom is 0.511 e. The van der Waals surface area contributed by atoms with Crippen LogP contribution in [0.3, 0.4) is 0 Å². The number of hydrogen-bond donors (Lipinski definition) is 2. The van der Waals surface area contributed by atoms with E-state index in [9.17, 15) is 9.90 Å². The van der Waals surface area contributed by atoms with Gasteiger partial charge in [-0.2, -0.15) is 0 Å². The third-order valence-electron chi connectivity index (χ3n) is 4.20. The average Bonchev–Trinajstić information content (AvgIpc) is 2.37. The highest BCUT2D eigenvalue weighted by Gasteiger charge is 2.57. The smallest absolute Gasteiger partial charge is 0.498 e. The van der Waals surface area contributed by atoms with Crippen LogP contribution in [0.1, 0.15) is 41.5 Å². The van der Waals surface area contributed by atoms with Crippen LogP contribution in [-0.2, 0) is 14.2 Å². The summed E-state index contributed by atoms with van der Waals surface area (Å²) in [7, 11) is 2.96. The standard InChI is InChI=1S/C17H28O6/c1-15(2,3)10-9-11(21-7)17(22-8,16(4,5)6)13(18)12(10)23-14(19)20/h9,13,18H,1-8H3,(H,19,20). The van der Waals surface area contributed by atoms with Crippen LogP contribution >= 0.6 is 0 Å². The van der Waals surface area contributed by atoms with Crippen LogP contribution in [0.25, 0.3) is 0 Å². The van der Waals surface area contributed by atoms with E-state index in [4.69, 9.17) is 19.3 Å². The number of aliphatic hydroxyl groups is 1. The first-order valence-corrected chi connectivity index (χ1v) is 7.47. The van der Waals surface area contributed by atoms with E-state index in [0.29, 0.717) is 11.3 Å². The number of carboxylic acid groups (broad SMARTS) is 1. The molecule has 0 spiro atoms. The molecule has 0 saturated carbocycles. The molecule has 0 aromatic carbocycles. The van der Waals surface area contributed by atoms with Crippen LogP contribution in [0, 0.1) is 10.8 Å². The Morgan fingerprint density at radius 3 is 2.00 bits per heavy atom. The molecule has 1 aliphatic carbocycles. The summed E-state index contributed by atoms with van der Waals surface area (Å²) < 4.78 is 16.1. The zero-order valence-electron chi connectivity index (χ0n) is 15.2. The highest BCUT2D eigenvalue weighted by Crippen LogP contribution is 2.50. The van der Waals surface area contributed by atoms with Crippen LogP contribution in [0.2, 0.25) is 0 Å². The summed E-state index contributed by atoms with van der Waals surface area (Å²) in [5.41, 5.74) is -1.74. The summed E-state index contributed by atoms with van der Waals surface area (Å²) in [5.74, 6) is 0.408. The maximum atomic E-state index is 11.1. The van der Waals surface area contributed by atoms with Crippen LogP contribution in [-0.4, -0.2) is 42.3 Å². The van der Waals surface area contributed by atoms with Crippen LogP contribution in [0.15, 0.2) is 23.2 Å². The van der Waals surface area contributed by atoms with Crippen molar-refractivity contribution < 1.29 is 29.2 Å². The summed E-state index contributed by atoms with van der Waals surface area (Å²) >= 11 is 0. The predicted molar refractivity (Wildman–Crippen MR) is 85.9 cm³/mol. The molecule has 0 heterocycles. The number of carbonyl (C=O) groups is 1. The Labute approximate surface area is 137 Å². The van der Waals surface area contributed by atoms with Gasteiger partial charge in [-0.1, -0.05) is 41.5 Å². The third-order valence-corrected chi connectivity index (χ3v) is 4.20. The van der Waals surface area contributed by atoms with Gasteiger partial charge in [-0.15, -0.1) is 0 Å². The first-order valence-electron chi connectivity index (χ1n) is 7.47. The molecule has 0 aliphatic heterocycles. The van der Waals surface area contributed by atoms with Gasteiger partial charge in [0.05, 0.1) is 7.11 Å². The zero-order chi connectivity index (χ0) is 18.2. The fraction of sp³-hybridized carbons (Fsp3) is 0.706. The molecule has 0 saturated heterocycles. The zero-order valence-corrected chi connectivity index (χ0v) is 15.2. The Balaban J connectivity index is 3.72. The summed E-state index contributed by atoms with van der Waals surface area (Å²) in [4.78, 5) is 11.1. The van der Waals surface area contributed by atoms with Gasteiger partial charge in [-0.25, -0.2) is 4.79 Å². The Kier molecular flexibility index (Phi) is 5.23. The fourth-order valence-corrected chi connectivity index (χ4v) is 3.08. The average molecular weight is 328 g/mol. The molecule has 1 rings (SSSR count). The molecule has 0 aromatic heterocycles. The molecule has 132 valence electrons. The summed E-state index contributed by atoms with van der Waals surface area (Å²) in [6.45, 7) is 11.4. The fourth-order valence-electron chi connectivity index (χ4n) is 3.08. The van der Waals surface area contributed by atoms with Gasteiger partial charge in [0.25, 0.3) is 0 Å². The van der Waals surface area contributed by atoms with E-state index < -0.39 is 28.7 Å². The molecule has 0 amide bonds. The molecule has 6 nitrogen and oxygen atoms in total. The van der Waals surface area contributed by atoms with Crippen molar-refractivity contribution in [2.45, 2.75) is 53.2 Å². The molecule has 2 atom stereocenters. The molecular formula is C17H28O6. The van der Waals surface area contributed by atoms with Gasteiger partial charge in [0.1, 0.15) is 17.6 Å². The van der Waals surface area contributed by atoms with Gasteiger partial charge in [-0.3, -0.25) is 0 Å². The molecule has 0 bridgehead atoms. The highest BCUT2D eigenvalue weighted by atomic mass is 16.7. The van der Waals surface area contributed by atoms with Crippen molar-refractivity contribution >= 4 is 6.16 Å². The van der Waals surface area contributed by atoms with E-state index in [1.807, 2.05) is 41.5 Å². The Morgan fingerprint density at radius 2 is 1.70 bits per heavy atom. The first kappa shape index (κ1) is 19.5. The van der Waals surface area contributed by atoms with Crippen molar-refractivity contribution in [1.82, 2.24) is 0 Å². The number of ether oxygens (including phenoxy) is 3. The van der Waals surface area contributed by atoms with Crippen molar-refractivity contribution in [2.75, 3.05) is 14.2 Å². The summed E-state index contributed by atoms with van der Waals surface area (Å²) in [6, 6.07) is 0. The van der Waals surface area contributed by atoms with E-state index in [-0.39, 0.29) is 5.76 Å². The second-order valence-electron chi connectivity index (χ2n) is 7.70. The minimum Gasteiger partial charge on any atom is -0.498 e. The lowest BCUT2D eigenvalue weighted by atomic mass is 9.66. The van der Waals surface area contributed by atoms with Crippen molar-refractivity contribution in [2.24, 2.45) is 10.8 Å². The number of hydrogen-bond acceptors (Lipinski definition) is 5. The quantitative estimate of drug-likeness (QED) is 0.773. The van der Waals surface area contributed by atoms with E-state index in [0.717, 1.165) is 0 Å². The summed E-state index contributed by atoms with van der Waals surface area (Å²) in [6.07, 6.45) is -1.09. The van der Waals surface area contributed by atoms with Crippen molar-refractivity contribution in [3.05, 3.63) is 23.2 Å². The number of allylic oxidation sites excluding steroid dienone is 2. The van der Waals surface area contributed by atoms with Crippen molar-refractivity contribution in [1.29, 1.82) is 0 Å². The Bertz CT molecular complexity index is 532. The molecule has 23 heavy (non-hydrogen) atoms. The molecule has 0 radical (unpaired) electrons. The molecular weight excluding hydrogens is 300 g/mol. The van der Waals surface area contributed by atoms with Gasteiger partial charge in [0.15, 0.2) is 5.60 Å². The lowest BCUT2D eigenvalue weighted by Crippen LogP contribution is -2.58. The highest BCUT2D eigenvalue weighted by molar-refractivity contribution is 5.60. The van der Waals surface area contributed by atoms with Crippen molar-refractivity contribution in [3.8, 4) is 0 Å². The SMILES string of the molecule is COC1=CC(C(C)(C)C)=C(OC(=O)O)C(O)C1(OC)C(C)(C)C. The second-order valence-corrected chi connectivity index (χ2v) is 7.70. The number of rotatable bonds is 3. The maximum absolute atomic E-state index is 11.1. The Morgan fingerprint density at radius 1 is 1.17 bits per heavy atom.